The first-order valence-corrected chi connectivity index (χ1v) is 8.00. The van der Waals surface area contributed by atoms with Crippen molar-refractivity contribution >= 4 is 26.5 Å². The summed E-state index contributed by atoms with van der Waals surface area (Å²) in [5.74, 6) is 0.960. The predicted octanol–water partition coefficient (Wildman–Crippen LogP) is 0.933. The van der Waals surface area contributed by atoms with Crippen LogP contribution in [-0.4, -0.2) is 20.2 Å². The number of nitrogens with zero attached hydrogens (tertiary/aromatic N) is 1. The van der Waals surface area contributed by atoms with E-state index in [2.05, 4.69) is 9.71 Å². The van der Waals surface area contributed by atoms with E-state index in [1.807, 2.05) is 0 Å². The third kappa shape index (κ3) is 2.55. The molecular weight excluding hydrogens is 302 g/mol. The van der Waals surface area contributed by atoms with Crippen LogP contribution in [0.15, 0.2) is 28.5 Å². The minimum Gasteiger partial charge on any atom is -0.454 e. The van der Waals surface area contributed by atoms with E-state index in [1.54, 1.807) is 11.4 Å². The zero-order chi connectivity index (χ0) is 14.2. The van der Waals surface area contributed by atoms with Crippen LogP contribution in [0.2, 0.25) is 0 Å². The zero-order valence-electron chi connectivity index (χ0n) is 10.2. The van der Waals surface area contributed by atoms with Crippen LogP contribution in [0.5, 0.6) is 11.5 Å². The molecule has 106 valence electrons. The van der Waals surface area contributed by atoms with Gasteiger partial charge in [0, 0.05) is 11.4 Å². The third-order valence-corrected chi connectivity index (χ3v) is 4.79. The minimum atomic E-state index is -3.63. The standard InChI is InChI=1S/C11H11N3O4S2/c12-11-14-7(5-19-11)4-13-20(15,16)8-1-2-9-10(3-8)18-6-17-9/h1-3,5,13H,4,6H2,(H2,12,14). The number of nitrogens with two attached hydrogens (primary N) is 1. The molecule has 20 heavy (non-hydrogen) atoms. The molecule has 3 rings (SSSR count). The van der Waals surface area contributed by atoms with Crippen molar-refractivity contribution < 1.29 is 17.9 Å². The fraction of sp³-hybridized carbons (Fsp3) is 0.182. The van der Waals surface area contributed by atoms with E-state index in [0.29, 0.717) is 22.3 Å². The predicted molar refractivity (Wildman–Crippen MR) is 73.1 cm³/mol. The molecule has 1 aromatic carbocycles. The molecule has 0 saturated carbocycles. The van der Waals surface area contributed by atoms with Gasteiger partial charge in [-0.1, -0.05) is 0 Å². The molecule has 3 N–H and O–H groups in total. The largest absolute Gasteiger partial charge is 0.454 e. The number of nitrogens with one attached hydrogen (secondary N) is 1. The molecule has 0 fully saturated rings. The molecule has 7 nitrogen and oxygen atoms in total. The van der Waals surface area contributed by atoms with Crippen molar-refractivity contribution in [2.45, 2.75) is 11.4 Å². The normalized spacial score (nSPS) is 13.6. The molecule has 1 aromatic heterocycles. The van der Waals surface area contributed by atoms with Gasteiger partial charge in [0.1, 0.15) is 0 Å². The van der Waals surface area contributed by atoms with Crippen molar-refractivity contribution in [2.24, 2.45) is 0 Å². The smallest absolute Gasteiger partial charge is 0.241 e. The number of anilines is 1. The lowest BCUT2D eigenvalue weighted by Crippen LogP contribution is -2.23. The van der Waals surface area contributed by atoms with Gasteiger partial charge >= 0.3 is 0 Å². The second-order valence-electron chi connectivity index (χ2n) is 4.02. The van der Waals surface area contributed by atoms with Crippen LogP contribution >= 0.6 is 11.3 Å². The number of sulfonamides is 1. The highest BCUT2D eigenvalue weighted by Gasteiger charge is 2.20. The van der Waals surface area contributed by atoms with E-state index in [4.69, 9.17) is 15.2 Å². The quantitative estimate of drug-likeness (QED) is 0.870. The Labute approximate surface area is 119 Å². The van der Waals surface area contributed by atoms with Gasteiger partial charge in [-0.3, -0.25) is 0 Å². The summed E-state index contributed by atoms with van der Waals surface area (Å²) in [7, 11) is -3.63. The van der Waals surface area contributed by atoms with Gasteiger partial charge in [0.05, 0.1) is 17.1 Å². The van der Waals surface area contributed by atoms with Crippen LogP contribution in [0.4, 0.5) is 5.13 Å². The highest BCUT2D eigenvalue weighted by Crippen LogP contribution is 2.33. The van der Waals surface area contributed by atoms with Crippen LogP contribution in [-0.2, 0) is 16.6 Å². The maximum Gasteiger partial charge on any atom is 0.241 e. The Balaban J connectivity index is 1.78. The maximum atomic E-state index is 12.1. The third-order valence-electron chi connectivity index (χ3n) is 2.67. The summed E-state index contributed by atoms with van der Waals surface area (Å²) in [6.45, 7) is 0.189. The highest BCUT2D eigenvalue weighted by molar-refractivity contribution is 7.89. The van der Waals surface area contributed by atoms with Crippen molar-refractivity contribution in [1.82, 2.24) is 9.71 Å². The Morgan fingerprint density at radius 3 is 2.90 bits per heavy atom. The maximum absolute atomic E-state index is 12.1. The van der Waals surface area contributed by atoms with Gasteiger partial charge in [0.2, 0.25) is 16.8 Å². The highest BCUT2D eigenvalue weighted by atomic mass is 32.2. The number of nitrogen functional groups attached to an aromatic ring is 1. The van der Waals surface area contributed by atoms with Gasteiger partial charge in [0.15, 0.2) is 16.6 Å². The van der Waals surface area contributed by atoms with E-state index >= 15 is 0 Å². The Bertz CT molecular complexity index is 742. The number of benzene rings is 1. The lowest BCUT2D eigenvalue weighted by molar-refractivity contribution is 0.174. The molecule has 1 aliphatic heterocycles. The van der Waals surface area contributed by atoms with Gasteiger partial charge in [-0.15, -0.1) is 11.3 Å². The summed E-state index contributed by atoms with van der Waals surface area (Å²) in [5.41, 5.74) is 6.07. The number of hydrogen-bond acceptors (Lipinski definition) is 7. The van der Waals surface area contributed by atoms with Crippen LogP contribution in [0.25, 0.3) is 0 Å². The van der Waals surface area contributed by atoms with Gasteiger partial charge in [-0.25, -0.2) is 18.1 Å². The number of thiazole rings is 1. The van der Waals surface area contributed by atoms with E-state index < -0.39 is 10.0 Å². The lowest BCUT2D eigenvalue weighted by atomic mass is 10.3. The van der Waals surface area contributed by atoms with Crippen molar-refractivity contribution in [3.63, 3.8) is 0 Å². The monoisotopic (exact) mass is 313 g/mol. The van der Waals surface area contributed by atoms with Crippen LogP contribution < -0.4 is 19.9 Å². The van der Waals surface area contributed by atoms with Gasteiger partial charge in [-0.05, 0) is 12.1 Å². The van der Waals surface area contributed by atoms with Gasteiger partial charge < -0.3 is 15.2 Å². The molecule has 9 heteroatoms. The molecule has 0 atom stereocenters. The van der Waals surface area contributed by atoms with E-state index in [9.17, 15) is 8.42 Å². The SMILES string of the molecule is Nc1nc(CNS(=O)(=O)c2ccc3c(c2)OCO3)cs1. The number of fused-ring (bicyclic) bond motifs is 1. The zero-order valence-corrected chi connectivity index (χ0v) is 11.8. The van der Waals surface area contributed by atoms with Crippen LogP contribution in [0, 0.1) is 0 Å². The van der Waals surface area contributed by atoms with E-state index in [1.165, 1.54) is 23.5 Å². The summed E-state index contributed by atoms with van der Waals surface area (Å²) in [6, 6.07) is 4.46. The van der Waals surface area contributed by atoms with E-state index in [0.717, 1.165) is 0 Å². The molecule has 0 aliphatic carbocycles. The summed E-state index contributed by atoms with van der Waals surface area (Å²) >= 11 is 1.26. The molecule has 1 aliphatic rings. The van der Waals surface area contributed by atoms with Crippen molar-refractivity contribution in [3.8, 4) is 11.5 Å². The first-order chi connectivity index (χ1) is 9.54. The number of rotatable bonds is 4. The molecule has 2 aromatic rings. The Hall–Kier alpha value is -1.84. The van der Waals surface area contributed by atoms with Crippen molar-refractivity contribution in [3.05, 3.63) is 29.3 Å². The van der Waals surface area contributed by atoms with Crippen LogP contribution in [0.1, 0.15) is 5.69 Å². The summed E-state index contributed by atoms with van der Waals surface area (Å²) in [6.07, 6.45) is 0. The lowest BCUT2D eigenvalue weighted by Gasteiger charge is -2.06. The number of aromatic nitrogens is 1. The van der Waals surface area contributed by atoms with Gasteiger partial charge in [0.25, 0.3) is 0 Å². The fourth-order valence-electron chi connectivity index (χ4n) is 1.70. The van der Waals surface area contributed by atoms with Crippen molar-refractivity contribution in [1.29, 1.82) is 0 Å². The molecule has 0 amide bonds. The first-order valence-electron chi connectivity index (χ1n) is 5.64. The molecule has 0 radical (unpaired) electrons. The summed E-state index contributed by atoms with van der Waals surface area (Å²) < 4.78 is 37.1. The van der Waals surface area contributed by atoms with Crippen molar-refractivity contribution in [2.75, 3.05) is 12.5 Å². The van der Waals surface area contributed by atoms with Gasteiger partial charge in [-0.2, -0.15) is 0 Å². The average Bonchev–Trinajstić information content (AvgIpc) is 3.04. The van der Waals surface area contributed by atoms with Crippen LogP contribution in [0.3, 0.4) is 0 Å². The molecule has 0 saturated heterocycles. The Morgan fingerprint density at radius 1 is 1.35 bits per heavy atom. The molecule has 0 unspecified atom stereocenters. The summed E-state index contributed by atoms with van der Waals surface area (Å²) in [5, 5.41) is 2.11. The number of hydrogen-bond donors (Lipinski definition) is 2. The minimum absolute atomic E-state index is 0.0878. The summed E-state index contributed by atoms with van der Waals surface area (Å²) in [4.78, 5) is 4.11. The second-order valence-corrected chi connectivity index (χ2v) is 6.67. The topological polar surface area (TPSA) is 104 Å². The molecule has 0 spiro atoms. The second kappa shape index (κ2) is 4.93. The first kappa shape index (κ1) is 13.2. The fourth-order valence-corrected chi connectivity index (χ4v) is 3.28. The molecule has 2 heterocycles. The molecular formula is C11H11N3O4S2. The molecule has 0 bridgehead atoms. The Morgan fingerprint density at radius 2 is 2.15 bits per heavy atom. The Kier molecular flexibility index (Phi) is 3.24. The number of ether oxygens (including phenoxy) is 2. The average molecular weight is 313 g/mol. The van der Waals surface area contributed by atoms with E-state index in [-0.39, 0.29) is 18.2 Å².